The fraction of sp³-hybridized carbons (Fsp3) is 0.667. The lowest BCUT2D eigenvalue weighted by atomic mass is 10.3. The molecule has 1 aromatic heterocycles. The van der Waals surface area contributed by atoms with Crippen LogP contribution in [-0.4, -0.2) is 46.8 Å². The van der Waals surface area contributed by atoms with E-state index in [1.807, 2.05) is 0 Å². The number of hydrogen-bond donors (Lipinski definition) is 1. The van der Waals surface area contributed by atoms with E-state index in [0.29, 0.717) is 6.04 Å². The Balaban J connectivity index is 1.64. The minimum Gasteiger partial charge on any atom is -0.308 e. The number of rotatable bonds is 5. The molecular weight excluding hydrogens is 252 g/mol. The lowest BCUT2D eigenvalue weighted by molar-refractivity contribution is 0.294. The van der Waals surface area contributed by atoms with E-state index in [4.69, 9.17) is 0 Å². The molecule has 96 valence electrons. The normalized spacial score (nSPS) is 20.5. The summed E-state index contributed by atoms with van der Waals surface area (Å²) in [5.41, 5.74) is 0. The Morgan fingerprint density at radius 1 is 1.53 bits per heavy atom. The summed E-state index contributed by atoms with van der Waals surface area (Å²) in [5.74, 6) is 1.70. The van der Waals surface area contributed by atoms with Gasteiger partial charge >= 0.3 is 0 Å². The summed E-state index contributed by atoms with van der Waals surface area (Å²) in [6.07, 6.45) is 0. The molecule has 0 aliphatic carbocycles. The predicted octanol–water partition coefficient (Wildman–Crippen LogP) is 1.46. The van der Waals surface area contributed by atoms with Gasteiger partial charge in [-0.05, 0) is 18.4 Å². The van der Waals surface area contributed by atoms with Gasteiger partial charge in [0.2, 0.25) is 0 Å². The summed E-state index contributed by atoms with van der Waals surface area (Å²) in [4.78, 5) is 3.79. The summed E-state index contributed by atoms with van der Waals surface area (Å²) < 4.78 is 11.2. The summed E-state index contributed by atoms with van der Waals surface area (Å²) in [7, 11) is -0.560. The van der Waals surface area contributed by atoms with Gasteiger partial charge in [-0.3, -0.25) is 4.21 Å². The maximum Gasteiger partial charge on any atom is 0.0386 e. The molecule has 0 bridgehead atoms. The van der Waals surface area contributed by atoms with Crippen LogP contribution in [0.1, 0.15) is 17.8 Å². The SMILES string of the molecule is CC(NCCN1CCS(=O)CC1)c1cccs1. The van der Waals surface area contributed by atoms with Crippen LogP contribution in [0.5, 0.6) is 0 Å². The third kappa shape index (κ3) is 4.17. The average Bonchev–Trinajstić information content (AvgIpc) is 2.85. The first-order chi connectivity index (χ1) is 8.25. The molecule has 5 heteroatoms. The van der Waals surface area contributed by atoms with Crippen molar-refractivity contribution in [1.82, 2.24) is 10.2 Å². The van der Waals surface area contributed by atoms with Gasteiger partial charge in [0.1, 0.15) is 0 Å². The lowest BCUT2D eigenvalue weighted by Gasteiger charge is -2.26. The second kappa shape index (κ2) is 6.64. The van der Waals surface area contributed by atoms with Gasteiger partial charge in [0.25, 0.3) is 0 Å². The third-order valence-electron chi connectivity index (χ3n) is 3.12. The first-order valence-corrected chi connectivity index (χ1v) is 8.46. The van der Waals surface area contributed by atoms with Crippen LogP contribution in [0.3, 0.4) is 0 Å². The van der Waals surface area contributed by atoms with Crippen LogP contribution in [0.25, 0.3) is 0 Å². The zero-order chi connectivity index (χ0) is 12.1. The highest BCUT2D eigenvalue weighted by atomic mass is 32.2. The largest absolute Gasteiger partial charge is 0.308 e. The van der Waals surface area contributed by atoms with Crippen LogP contribution in [0.2, 0.25) is 0 Å². The number of thiophene rings is 1. The number of hydrogen-bond acceptors (Lipinski definition) is 4. The van der Waals surface area contributed by atoms with Crippen LogP contribution in [0.4, 0.5) is 0 Å². The van der Waals surface area contributed by atoms with Gasteiger partial charge in [-0.15, -0.1) is 11.3 Å². The van der Waals surface area contributed by atoms with E-state index < -0.39 is 10.8 Å². The van der Waals surface area contributed by atoms with Gasteiger partial charge in [-0.1, -0.05) is 6.07 Å². The van der Waals surface area contributed by atoms with E-state index in [0.717, 1.165) is 37.7 Å². The van der Waals surface area contributed by atoms with E-state index in [-0.39, 0.29) is 0 Å². The molecule has 1 aliphatic heterocycles. The fourth-order valence-corrected chi connectivity index (χ4v) is 3.86. The highest BCUT2D eigenvalue weighted by Crippen LogP contribution is 2.17. The van der Waals surface area contributed by atoms with Crippen LogP contribution >= 0.6 is 11.3 Å². The van der Waals surface area contributed by atoms with Crippen molar-refractivity contribution in [3.05, 3.63) is 22.4 Å². The topological polar surface area (TPSA) is 32.3 Å². The van der Waals surface area contributed by atoms with E-state index in [2.05, 4.69) is 34.7 Å². The van der Waals surface area contributed by atoms with Crippen LogP contribution in [0, 0.1) is 0 Å². The van der Waals surface area contributed by atoms with Crippen molar-refractivity contribution in [2.45, 2.75) is 13.0 Å². The molecule has 1 N–H and O–H groups in total. The monoisotopic (exact) mass is 272 g/mol. The van der Waals surface area contributed by atoms with Gasteiger partial charge in [-0.25, -0.2) is 0 Å². The zero-order valence-electron chi connectivity index (χ0n) is 10.2. The fourth-order valence-electron chi connectivity index (χ4n) is 1.98. The molecule has 0 spiro atoms. The minimum atomic E-state index is -0.560. The number of nitrogens with one attached hydrogen (secondary N) is 1. The summed E-state index contributed by atoms with van der Waals surface area (Å²) in [6.45, 7) is 6.25. The molecule has 2 heterocycles. The van der Waals surface area contributed by atoms with Crippen molar-refractivity contribution >= 4 is 22.1 Å². The van der Waals surface area contributed by atoms with Crippen LogP contribution in [0.15, 0.2) is 17.5 Å². The van der Waals surface area contributed by atoms with Crippen molar-refractivity contribution in [3.8, 4) is 0 Å². The van der Waals surface area contributed by atoms with E-state index >= 15 is 0 Å². The van der Waals surface area contributed by atoms with Gasteiger partial charge in [0, 0.05) is 59.4 Å². The Morgan fingerprint density at radius 2 is 2.29 bits per heavy atom. The molecule has 1 saturated heterocycles. The molecule has 17 heavy (non-hydrogen) atoms. The van der Waals surface area contributed by atoms with E-state index in [9.17, 15) is 4.21 Å². The van der Waals surface area contributed by atoms with Crippen molar-refractivity contribution < 1.29 is 4.21 Å². The first-order valence-electron chi connectivity index (χ1n) is 6.10. The molecule has 1 aliphatic rings. The van der Waals surface area contributed by atoms with Crippen molar-refractivity contribution in [2.75, 3.05) is 37.7 Å². The second-order valence-corrected chi connectivity index (χ2v) is 7.06. The van der Waals surface area contributed by atoms with Gasteiger partial charge in [0.15, 0.2) is 0 Å². The predicted molar refractivity (Wildman–Crippen MR) is 75.1 cm³/mol. The zero-order valence-corrected chi connectivity index (χ0v) is 11.9. The molecule has 1 atom stereocenters. The molecular formula is C12H20N2OS2. The molecule has 2 rings (SSSR count). The molecule has 0 saturated carbocycles. The van der Waals surface area contributed by atoms with E-state index in [1.54, 1.807) is 11.3 Å². The van der Waals surface area contributed by atoms with Crippen molar-refractivity contribution in [2.24, 2.45) is 0 Å². The third-order valence-corrected chi connectivity index (χ3v) is 5.45. The van der Waals surface area contributed by atoms with Crippen molar-refractivity contribution in [1.29, 1.82) is 0 Å². The Bertz CT molecular complexity index is 343. The highest BCUT2D eigenvalue weighted by molar-refractivity contribution is 7.85. The Labute approximate surface area is 110 Å². The van der Waals surface area contributed by atoms with Gasteiger partial charge in [0.05, 0.1) is 0 Å². The van der Waals surface area contributed by atoms with Gasteiger partial charge < -0.3 is 10.2 Å². The summed E-state index contributed by atoms with van der Waals surface area (Å²) in [6, 6.07) is 4.71. The maximum atomic E-state index is 11.2. The molecule has 1 fully saturated rings. The molecule has 0 amide bonds. The summed E-state index contributed by atoms with van der Waals surface area (Å²) in [5, 5.41) is 5.65. The maximum absolute atomic E-state index is 11.2. The minimum absolute atomic E-state index is 0.439. The Kier molecular flexibility index (Phi) is 5.16. The molecule has 1 unspecified atom stereocenters. The molecule has 3 nitrogen and oxygen atoms in total. The summed E-state index contributed by atoms with van der Waals surface area (Å²) >= 11 is 1.80. The smallest absolute Gasteiger partial charge is 0.0386 e. The lowest BCUT2D eigenvalue weighted by Crippen LogP contribution is -2.41. The molecule has 0 aromatic carbocycles. The quantitative estimate of drug-likeness (QED) is 0.881. The standard InChI is InChI=1S/C12H20N2OS2/c1-11(12-3-2-8-16-12)13-4-5-14-6-9-17(15)10-7-14/h2-3,8,11,13H,4-7,9-10H2,1H3. The molecule has 1 aromatic rings. The van der Waals surface area contributed by atoms with Crippen LogP contribution < -0.4 is 5.32 Å². The number of nitrogens with zero attached hydrogens (tertiary/aromatic N) is 1. The Morgan fingerprint density at radius 3 is 2.94 bits per heavy atom. The van der Waals surface area contributed by atoms with Gasteiger partial charge in [-0.2, -0.15) is 0 Å². The Hall–Kier alpha value is -0.230. The highest BCUT2D eigenvalue weighted by Gasteiger charge is 2.14. The molecule has 0 radical (unpaired) electrons. The average molecular weight is 272 g/mol. The van der Waals surface area contributed by atoms with Crippen LogP contribution in [-0.2, 0) is 10.8 Å². The first kappa shape index (κ1) is 13.2. The van der Waals surface area contributed by atoms with E-state index in [1.165, 1.54) is 4.88 Å². The van der Waals surface area contributed by atoms with Crippen molar-refractivity contribution in [3.63, 3.8) is 0 Å². The second-order valence-electron chi connectivity index (χ2n) is 4.38.